The largest absolute Gasteiger partial charge is 0.355 e. The lowest BCUT2D eigenvalue weighted by atomic mass is 9.78. The number of nitriles is 1. The zero-order valence-corrected chi connectivity index (χ0v) is 12.8. The van der Waals surface area contributed by atoms with Crippen molar-refractivity contribution in [3.63, 3.8) is 0 Å². The molecule has 2 rings (SSSR count). The number of ether oxygens (including phenoxy) is 1. The summed E-state index contributed by atoms with van der Waals surface area (Å²) in [5.74, 6) is 0.184. The number of hydrogen-bond acceptors (Lipinski definition) is 2. The molecule has 0 aliphatic carbocycles. The van der Waals surface area contributed by atoms with E-state index in [2.05, 4.69) is 39.0 Å². The number of benzene rings is 1. The Morgan fingerprint density at radius 3 is 2.70 bits per heavy atom. The zero-order chi connectivity index (χ0) is 14.6. The average Bonchev–Trinajstić information content (AvgIpc) is 2.51. The molecular weight excluding hydrogens is 248 g/mol. The highest BCUT2D eigenvalue weighted by Crippen LogP contribution is 2.38. The maximum absolute atomic E-state index is 9.83. The van der Waals surface area contributed by atoms with Crippen LogP contribution in [0.5, 0.6) is 0 Å². The van der Waals surface area contributed by atoms with Crippen molar-refractivity contribution >= 4 is 0 Å². The van der Waals surface area contributed by atoms with Crippen LogP contribution in [0.3, 0.4) is 0 Å². The minimum absolute atomic E-state index is 0.184. The highest BCUT2D eigenvalue weighted by Gasteiger charge is 2.44. The maximum atomic E-state index is 9.83. The third kappa shape index (κ3) is 2.59. The molecule has 0 bridgehead atoms. The van der Waals surface area contributed by atoms with E-state index in [0.29, 0.717) is 6.61 Å². The van der Waals surface area contributed by atoms with E-state index < -0.39 is 5.60 Å². The van der Waals surface area contributed by atoms with E-state index in [1.807, 2.05) is 12.1 Å². The number of rotatable bonds is 5. The van der Waals surface area contributed by atoms with Crippen molar-refractivity contribution in [2.45, 2.75) is 32.8 Å². The Bertz CT molecular complexity index is 490. The Hall–Kier alpha value is -1.37. The molecule has 0 saturated carbocycles. The number of nitrogens with zero attached hydrogens (tertiary/aromatic N) is 1. The Morgan fingerprint density at radius 1 is 1.35 bits per heavy atom. The van der Waals surface area contributed by atoms with Crippen LogP contribution in [0.15, 0.2) is 24.3 Å². The van der Waals surface area contributed by atoms with E-state index in [9.17, 15) is 5.26 Å². The van der Waals surface area contributed by atoms with Crippen LogP contribution >= 0.6 is 0 Å². The first-order valence-corrected chi connectivity index (χ1v) is 7.65. The second kappa shape index (κ2) is 6.39. The van der Waals surface area contributed by atoms with Gasteiger partial charge in [0.2, 0.25) is 0 Å². The van der Waals surface area contributed by atoms with Gasteiger partial charge in [0.25, 0.3) is 0 Å². The minimum Gasteiger partial charge on any atom is -0.355 e. The zero-order valence-electron chi connectivity index (χ0n) is 12.8. The fourth-order valence-corrected chi connectivity index (χ4v) is 3.23. The second-order valence-electron chi connectivity index (χ2n) is 5.67. The van der Waals surface area contributed by atoms with Crippen LogP contribution in [-0.2, 0) is 16.8 Å². The lowest BCUT2D eigenvalue weighted by molar-refractivity contribution is -0.900. The van der Waals surface area contributed by atoms with Gasteiger partial charge >= 0.3 is 0 Å². The smallest absolute Gasteiger partial charge is 0.187 e. The summed E-state index contributed by atoms with van der Waals surface area (Å²) in [6.07, 6.45) is 0.907. The van der Waals surface area contributed by atoms with Crippen molar-refractivity contribution in [2.75, 3.05) is 26.2 Å². The fraction of sp³-hybridized carbons (Fsp3) is 0.588. The van der Waals surface area contributed by atoms with Crippen molar-refractivity contribution in [3.05, 3.63) is 35.4 Å². The molecule has 1 aliphatic heterocycles. The summed E-state index contributed by atoms with van der Waals surface area (Å²) in [6, 6.07) is 10.7. The topological polar surface area (TPSA) is 37.5 Å². The van der Waals surface area contributed by atoms with Gasteiger partial charge < -0.3 is 9.64 Å². The standard InChI is InChI=1S/C17H24N2O/c1-4-19(5-2)12-14(3)17(13-18)16-9-7-6-8-15(16)10-11-20-17/h6-9,14H,4-5,10-12H2,1-3H3/p+1/t14-,17-/m1/s1. The molecule has 1 aromatic carbocycles. The molecule has 1 aliphatic rings. The summed E-state index contributed by atoms with van der Waals surface area (Å²) in [5.41, 5.74) is 1.57. The number of hydrogen-bond donors (Lipinski definition) is 1. The summed E-state index contributed by atoms with van der Waals surface area (Å²) in [4.78, 5) is 1.51. The van der Waals surface area contributed by atoms with E-state index >= 15 is 0 Å². The molecule has 20 heavy (non-hydrogen) atoms. The fourth-order valence-electron chi connectivity index (χ4n) is 3.23. The molecule has 2 atom stereocenters. The van der Waals surface area contributed by atoms with Crippen LogP contribution in [0, 0.1) is 17.2 Å². The lowest BCUT2D eigenvalue weighted by Gasteiger charge is -2.38. The summed E-state index contributed by atoms with van der Waals surface area (Å²) in [7, 11) is 0. The van der Waals surface area contributed by atoms with Crippen LogP contribution in [0.25, 0.3) is 0 Å². The number of quaternary nitrogens is 1. The summed E-state index contributed by atoms with van der Waals surface area (Å²) in [6.45, 7) is 10.3. The van der Waals surface area contributed by atoms with E-state index in [-0.39, 0.29) is 5.92 Å². The van der Waals surface area contributed by atoms with E-state index in [1.165, 1.54) is 10.5 Å². The second-order valence-corrected chi connectivity index (χ2v) is 5.67. The molecule has 108 valence electrons. The highest BCUT2D eigenvalue weighted by molar-refractivity contribution is 5.39. The number of nitrogens with one attached hydrogen (secondary N) is 1. The molecule has 0 radical (unpaired) electrons. The minimum atomic E-state index is -0.773. The van der Waals surface area contributed by atoms with Gasteiger partial charge in [0.05, 0.1) is 32.2 Å². The first-order chi connectivity index (χ1) is 9.67. The van der Waals surface area contributed by atoms with Gasteiger partial charge in [-0.15, -0.1) is 0 Å². The van der Waals surface area contributed by atoms with Gasteiger partial charge in [-0.05, 0) is 25.8 Å². The van der Waals surface area contributed by atoms with E-state index in [0.717, 1.165) is 31.6 Å². The highest BCUT2D eigenvalue weighted by atomic mass is 16.5. The van der Waals surface area contributed by atoms with E-state index in [1.54, 1.807) is 0 Å². The van der Waals surface area contributed by atoms with Crippen molar-refractivity contribution in [3.8, 4) is 6.07 Å². The van der Waals surface area contributed by atoms with Crippen LogP contribution < -0.4 is 4.90 Å². The summed E-state index contributed by atoms with van der Waals surface area (Å²) >= 11 is 0. The average molecular weight is 273 g/mol. The van der Waals surface area contributed by atoms with Crippen LogP contribution in [0.1, 0.15) is 31.9 Å². The SMILES string of the molecule is CC[NH+](CC)C[C@@H](C)[C@@]1(C#N)OCCc2ccccc21. The molecule has 1 aromatic rings. The van der Waals surface area contributed by atoms with Crippen molar-refractivity contribution < 1.29 is 9.64 Å². The summed E-state index contributed by atoms with van der Waals surface area (Å²) < 4.78 is 6.02. The molecule has 1 N–H and O–H groups in total. The molecule has 0 amide bonds. The first-order valence-electron chi connectivity index (χ1n) is 7.65. The van der Waals surface area contributed by atoms with Crippen molar-refractivity contribution in [1.29, 1.82) is 5.26 Å². The molecular formula is C17H25N2O+. The third-order valence-corrected chi connectivity index (χ3v) is 4.57. The normalized spacial score (nSPS) is 23.1. The van der Waals surface area contributed by atoms with Gasteiger partial charge in [-0.1, -0.05) is 31.2 Å². The quantitative estimate of drug-likeness (QED) is 0.883. The van der Waals surface area contributed by atoms with Crippen LogP contribution in [0.2, 0.25) is 0 Å². The molecule has 3 heteroatoms. The molecule has 0 spiro atoms. The van der Waals surface area contributed by atoms with Crippen LogP contribution in [-0.4, -0.2) is 26.2 Å². The molecule has 0 unspecified atom stereocenters. The molecule has 0 aromatic heterocycles. The van der Waals surface area contributed by atoms with Gasteiger partial charge in [0.1, 0.15) is 6.07 Å². The number of fused-ring (bicyclic) bond motifs is 1. The van der Waals surface area contributed by atoms with Gasteiger partial charge in [0, 0.05) is 5.56 Å². The van der Waals surface area contributed by atoms with Crippen molar-refractivity contribution in [1.82, 2.24) is 0 Å². The summed E-state index contributed by atoms with van der Waals surface area (Å²) in [5, 5.41) is 9.83. The monoisotopic (exact) mass is 273 g/mol. The van der Waals surface area contributed by atoms with Gasteiger partial charge in [0.15, 0.2) is 5.60 Å². The molecule has 0 saturated heterocycles. The Labute approximate surface area is 122 Å². The maximum Gasteiger partial charge on any atom is 0.187 e. The Kier molecular flexibility index (Phi) is 4.80. The Morgan fingerprint density at radius 2 is 2.05 bits per heavy atom. The van der Waals surface area contributed by atoms with Gasteiger partial charge in [-0.25, -0.2) is 0 Å². The molecule has 0 fully saturated rings. The predicted octanol–water partition coefficient (Wildman–Crippen LogP) is 1.54. The Balaban J connectivity index is 2.33. The molecule has 1 heterocycles. The third-order valence-electron chi connectivity index (χ3n) is 4.57. The van der Waals surface area contributed by atoms with Gasteiger partial charge in [-0.2, -0.15) is 5.26 Å². The van der Waals surface area contributed by atoms with Crippen LogP contribution in [0.4, 0.5) is 0 Å². The first kappa shape index (κ1) is 15.0. The predicted molar refractivity (Wildman–Crippen MR) is 79.5 cm³/mol. The van der Waals surface area contributed by atoms with Gasteiger partial charge in [-0.3, -0.25) is 0 Å². The van der Waals surface area contributed by atoms with E-state index in [4.69, 9.17) is 4.74 Å². The molecule has 3 nitrogen and oxygen atoms in total. The lowest BCUT2D eigenvalue weighted by Crippen LogP contribution is -3.12. The van der Waals surface area contributed by atoms with Crippen molar-refractivity contribution in [2.24, 2.45) is 5.92 Å².